The van der Waals surface area contributed by atoms with Crippen LogP contribution in [0.15, 0.2) is 41.8 Å². The molecule has 22 heavy (non-hydrogen) atoms. The van der Waals surface area contributed by atoms with Gasteiger partial charge in [0.15, 0.2) is 0 Å². The van der Waals surface area contributed by atoms with Crippen LogP contribution >= 0.6 is 11.3 Å². The van der Waals surface area contributed by atoms with Crippen molar-refractivity contribution in [2.24, 2.45) is 0 Å². The first kappa shape index (κ1) is 14.6. The maximum Gasteiger partial charge on any atom is 0.264 e. The van der Waals surface area contributed by atoms with E-state index in [9.17, 15) is 9.59 Å². The average molecular weight is 315 g/mol. The number of anilines is 1. The molecule has 6 heteroatoms. The van der Waals surface area contributed by atoms with Crippen LogP contribution in [-0.4, -0.2) is 47.8 Å². The highest BCUT2D eigenvalue weighted by molar-refractivity contribution is 7.12. The zero-order valence-electron chi connectivity index (χ0n) is 12.1. The molecule has 0 bridgehead atoms. The number of rotatable bonds is 2. The summed E-state index contributed by atoms with van der Waals surface area (Å²) in [6.45, 7) is 2.25. The van der Waals surface area contributed by atoms with Crippen LogP contribution in [0.25, 0.3) is 0 Å². The van der Waals surface area contributed by atoms with Crippen LogP contribution in [0.1, 0.15) is 20.0 Å². The van der Waals surface area contributed by atoms with E-state index in [0.717, 1.165) is 4.88 Å². The summed E-state index contributed by atoms with van der Waals surface area (Å²) in [5.74, 6) is 0.0396. The van der Waals surface area contributed by atoms with Gasteiger partial charge in [-0.2, -0.15) is 0 Å². The van der Waals surface area contributed by atoms with E-state index >= 15 is 0 Å². The molecule has 1 aromatic heterocycles. The van der Waals surface area contributed by atoms with E-state index in [0.29, 0.717) is 37.4 Å². The number of hydrogen-bond acceptors (Lipinski definition) is 4. The van der Waals surface area contributed by atoms with Crippen molar-refractivity contribution in [1.82, 2.24) is 9.80 Å². The third-order valence-electron chi connectivity index (χ3n) is 3.74. The molecule has 5 nitrogen and oxygen atoms in total. The molecule has 2 N–H and O–H groups in total. The monoisotopic (exact) mass is 315 g/mol. The summed E-state index contributed by atoms with van der Waals surface area (Å²) >= 11 is 1.45. The Balaban J connectivity index is 1.60. The van der Waals surface area contributed by atoms with Crippen molar-refractivity contribution in [3.63, 3.8) is 0 Å². The molecule has 3 rings (SSSR count). The van der Waals surface area contributed by atoms with Gasteiger partial charge in [-0.3, -0.25) is 9.59 Å². The fourth-order valence-electron chi connectivity index (χ4n) is 2.48. The second-order valence-electron chi connectivity index (χ2n) is 5.18. The molecular weight excluding hydrogens is 298 g/mol. The molecule has 0 unspecified atom stereocenters. The summed E-state index contributed by atoms with van der Waals surface area (Å²) < 4.78 is 0. The molecule has 0 atom stereocenters. The Morgan fingerprint density at radius 3 is 2.05 bits per heavy atom. The molecule has 0 radical (unpaired) electrons. The predicted octanol–water partition coefficient (Wildman–Crippen LogP) is 1.93. The van der Waals surface area contributed by atoms with Crippen LogP contribution in [0.3, 0.4) is 0 Å². The third kappa shape index (κ3) is 2.96. The summed E-state index contributed by atoms with van der Waals surface area (Å²) in [6, 6.07) is 10.6. The molecule has 2 amide bonds. The SMILES string of the molecule is Nc1ccc(C(=O)N2CCN(C(=O)c3cccs3)CC2)cc1. The Labute approximate surface area is 132 Å². The average Bonchev–Trinajstić information content (AvgIpc) is 3.09. The Morgan fingerprint density at radius 2 is 1.50 bits per heavy atom. The summed E-state index contributed by atoms with van der Waals surface area (Å²) in [5, 5.41) is 1.90. The van der Waals surface area contributed by atoms with Crippen molar-refractivity contribution in [1.29, 1.82) is 0 Å². The quantitative estimate of drug-likeness (QED) is 0.861. The van der Waals surface area contributed by atoms with Crippen molar-refractivity contribution in [3.8, 4) is 0 Å². The molecule has 0 saturated carbocycles. The summed E-state index contributed by atoms with van der Waals surface area (Å²) in [5.41, 5.74) is 6.91. The van der Waals surface area contributed by atoms with E-state index < -0.39 is 0 Å². The number of piperazine rings is 1. The topological polar surface area (TPSA) is 66.6 Å². The lowest BCUT2D eigenvalue weighted by molar-refractivity contribution is 0.0538. The number of nitrogens with two attached hydrogens (primary N) is 1. The van der Waals surface area contributed by atoms with Gasteiger partial charge >= 0.3 is 0 Å². The zero-order valence-corrected chi connectivity index (χ0v) is 12.9. The van der Waals surface area contributed by atoms with E-state index in [1.54, 1.807) is 34.1 Å². The molecule has 1 aliphatic heterocycles. The first-order valence-electron chi connectivity index (χ1n) is 7.13. The van der Waals surface area contributed by atoms with Crippen molar-refractivity contribution in [3.05, 3.63) is 52.2 Å². The standard InChI is InChI=1S/C16H17N3O2S/c17-13-5-3-12(4-6-13)15(20)18-7-9-19(10-8-18)16(21)14-2-1-11-22-14/h1-6,11H,7-10,17H2. The largest absolute Gasteiger partial charge is 0.399 e. The fourth-order valence-corrected chi connectivity index (χ4v) is 3.17. The molecule has 114 valence electrons. The number of nitrogens with zero attached hydrogens (tertiary/aromatic N) is 2. The van der Waals surface area contributed by atoms with Crippen LogP contribution in [0.2, 0.25) is 0 Å². The minimum Gasteiger partial charge on any atom is -0.399 e. The van der Waals surface area contributed by atoms with Gasteiger partial charge in [0.2, 0.25) is 0 Å². The van der Waals surface area contributed by atoms with E-state index in [1.165, 1.54) is 11.3 Å². The normalized spacial score (nSPS) is 14.9. The van der Waals surface area contributed by atoms with Crippen molar-refractivity contribution in [2.75, 3.05) is 31.9 Å². The van der Waals surface area contributed by atoms with Crippen molar-refractivity contribution in [2.45, 2.75) is 0 Å². The minimum absolute atomic E-state index is 0.0109. The van der Waals surface area contributed by atoms with Crippen LogP contribution in [0, 0.1) is 0 Å². The van der Waals surface area contributed by atoms with Gasteiger partial charge in [0.05, 0.1) is 4.88 Å². The van der Waals surface area contributed by atoms with Crippen LogP contribution in [-0.2, 0) is 0 Å². The highest BCUT2D eigenvalue weighted by atomic mass is 32.1. The number of benzene rings is 1. The van der Waals surface area contributed by atoms with Crippen LogP contribution in [0.5, 0.6) is 0 Å². The van der Waals surface area contributed by atoms with Gasteiger partial charge in [-0.1, -0.05) is 6.07 Å². The number of nitrogen functional groups attached to an aromatic ring is 1. The Bertz CT molecular complexity index is 659. The molecule has 1 saturated heterocycles. The van der Waals surface area contributed by atoms with Crippen molar-refractivity contribution >= 4 is 28.8 Å². The number of amides is 2. The number of carbonyl (C=O) groups excluding carboxylic acids is 2. The van der Waals surface area contributed by atoms with E-state index in [2.05, 4.69) is 0 Å². The lowest BCUT2D eigenvalue weighted by Crippen LogP contribution is -2.50. The smallest absolute Gasteiger partial charge is 0.264 e. The van der Waals surface area contributed by atoms with Gasteiger partial charge in [-0.25, -0.2) is 0 Å². The van der Waals surface area contributed by atoms with E-state index in [1.807, 2.05) is 17.5 Å². The summed E-state index contributed by atoms with van der Waals surface area (Å²) in [6.07, 6.45) is 0. The van der Waals surface area contributed by atoms with Gasteiger partial charge in [-0.15, -0.1) is 11.3 Å². The van der Waals surface area contributed by atoms with Gasteiger partial charge < -0.3 is 15.5 Å². The summed E-state index contributed by atoms with van der Waals surface area (Å²) in [7, 11) is 0. The van der Waals surface area contributed by atoms with Gasteiger partial charge in [-0.05, 0) is 35.7 Å². The summed E-state index contributed by atoms with van der Waals surface area (Å²) in [4.78, 5) is 29.0. The molecule has 2 heterocycles. The van der Waals surface area contributed by atoms with Crippen LogP contribution in [0.4, 0.5) is 5.69 Å². The molecule has 1 fully saturated rings. The lowest BCUT2D eigenvalue weighted by atomic mass is 10.1. The Kier molecular flexibility index (Phi) is 4.11. The zero-order chi connectivity index (χ0) is 15.5. The van der Waals surface area contributed by atoms with Gasteiger partial charge in [0.25, 0.3) is 11.8 Å². The van der Waals surface area contributed by atoms with Crippen LogP contribution < -0.4 is 5.73 Å². The lowest BCUT2D eigenvalue weighted by Gasteiger charge is -2.34. The third-order valence-corrected chi connectivity index (χ3v) is 4.60. The maximum atomic E-state index is 12.4. The molecule has 0 aliphatic carbocycles. The van der Waals surface area contributed by atoms with E-state index in [-0.39, 0.29) is 11.8 Å². The highest BCUT2D eigenvalue weighted by Crippen LogP contribution is 2.15. The molecule has 0 spiro atoms. The van der Waals surface area contributed by atoms with Gasteiger partial charge in [0.1, 0.15) is 0 Å². The molecule has 2 aromatic rings. The number of carbonyl (C=O) groups is 2. The van der Waals surface area contributed by atoms with Gasteiger partial charge in [0, 0.05) is 37.4 Å². The molecule has 1 aromatic carbocycles. The maximum absolute atomic E-state index is 12.4. The fraction of sp³-hybridized carbons (Fsp3) is 0.250. The van der Waals surface area contributed by atoms with Crippen molar-refractivity contribution < 1.29 is 9.59 Å². The number of thiophene rings is 1. The van der Waals surface area contributed by atoms with E-state index in [4.69, 9.17) is 5.73 Å². The predicted molar refractivity (Wildman–Crippen MR) is 87.0 cm³/mol. The Hall–Kier alpha value is -2.34. The second kappa shape index (κ2) is 6.19. The minimum atomic E-state index is -0.0109. The second-order valence-corrected chi connectivity index (χ2v) is 6.13. The first-order valence-corrected chi connectivity index (χ1v) is 8.01. The number of hydrogen-bond donors (Lipinski definition) is 1. The highest BCUT2D eigenvalue weighted by Gasteiger charge is 2.25. The molecule has 1 aliphatic rings. The Morgan fingerprint density at radius 1 is 0.909 bits per heavy atom. The first-order chi connectivity index (χ1) is 10.6. The molecular formula is C16H17N3O2S.